The van der Waals surface area contributed by atoms with Crippen molar-refractivity contribution in [1.82, 2.24) is 9.55 Å². The van der Waals surface area contributed by atoms with E-state index in [0.717, 1.165) is 30.1 Å². The lowest BCUT2D eigenvalue weighted by Gasteiger charge is -2.11. The van der Waals surface area contributed by atoms with Crippen LogP contribution in [0.2, 0.25) is 0 Å². The normalized spacial score (nSPS) is 12.4. The monoisotopic (exact) mass is 259 g/mol. The fourth-order valence-electron chi connectivity index (χ4n) is 1.95. The third kappa shape index (κ3) is 3.58. The molecule has 0 amide bonds. The molecule has 0 saturated heterocycles. The molecule has 2 aromatic rings. The zero-order valence-corrected chi connectivity index (χ0v) is 11.5. The third-order valence-corrected chi connectivity index (χ3v) is 3.27. The number of aryl methyl sites for hydroxylation is 1. The second kappa shape index (κ2) is 6.38. The maximum absolute atomic E-state index is 5.97. The lowest BCUT2D eigenvalue weighted by Crippen LogP contribution is -2.10. The van der Waals surface area contributed by atoms with Gasteiger partial charge in [0.15, 0.2) is 0 Å². The number of nitrogens with two attached hydrogens (primary N) is 1. The molecule has 0 fully saturated rings. The molecule has 0 bridgehead atoms. The van der Waals surface area contributed by atoms with E-state index in [4.69, 9.17) is 10.5 Å². The fourth-order valence-corrected chi connectivity index (χ4v) is 1.95. The van der Waals surface area contributed by atoms with Crippen molar-refractivity contribution in [2.45, 2.75) is 32.9 Å². The molecule has 0 unspecified atom stereocenters. The molecule has 4 heteroatoms. The van der Waals surface area contributed by atoms with Crippen molar-refractivity contribution >= 4 is 0 Å². The Balaban J connectivity index is 1.85. The van der Waals surface area contributed by atoms with Crippen molar-refractivity contribution in [2.75, 3.05) is 6.61 Å². The molecular weight excluding hydrogens is 238 g/mol. The average molecular weight is 259 g/mol. The molecule has 102 valence electrons. The van der Waals surface area contributed by atoms with Crippen LogP contribution in [-0.4, -0.2) is 16.2 Å². The van der Waals surface area contributed by atoms with E-state index in [2.05, 4.69) is 16.5 Å². The van der Waals surface area contributed by atoms with Crippen LogP contribution in [0.3, 0.4) is 0 Å². The number of nitrogens with zero attached hydrogens (tertiary/aromatic N) is 2. The number of ether oxygens (including phenoxy) is 1. The smallest absolute Gasteiger partial charge is 0.119 e. The third-order valence-electron chi connectivity index (χ3n) is 3.27. The minimum absolute atomic E-state index is 0.114. The van der Waals surface area contributed by atoms with Gasteiger partial charge in [-0.15, -0.1) is 0 Å². The lowest BCUT2D eigenvalue weighted by molar-refractivity contribution is 0.297. The SMILES string of the molecule is CC[C@@H](N)c1ccc(OCCn2ccnc2C)cc1. The Morgan fingerprint density at radius 3 is 2.63 bits per heavy atom. The Morgan fingerprint density at radius 1 is 1.32 bits per heavy atom. The van der Waals surface area contributed by atoms with Gasteiger partial charge in [-0.05, 0) is 31.0 Å². The summed E-state index contributed by atoms with van der Waals surface area (Å²) in [6.45, 7) is 5.52. The van der Waals surface area contributed by atoms with Crippen LogP contribution in [0.15, 0.2) is 36.7 Å². The van der Waals surface area contributed by atoms with Crippen LogP contribution in [0.4, 0.5) is 0 Å². The maximum Gasteiger partial charge on any atom is 0.119 e. The zero-order chi connectivity index (χ0) is 13.7. The van der Waals surface area contributed by atoms with Crippen LogP contribution >= 0.6 is 0 Å². The van der Waals surface area contributed by atoms with Crippen molar-refractivity contribution in [3.05, 3.63) is 48.0 Å². The molecule has 0 aliphatic rings. The van der Waals surface area contributed by atoms with Gasteiger partial charge in [0.05, 0.1) is 6.54 Å². The Morgan fingerprint density at radius 2 is 2.05 bits per heavy atom. The summed E-state index contributed by atoms with van der Waals surface area (Å²) in [7, 11) is 0. The molecule has 0 aliphatic heterocycles. The first kappa shape index (κ1) is 13.6. The highest BCUT2D eigenvalue weighted by molar-refractivity contribution is 5.28. The number of rotatable bonds is 6. The Kier molecular flexibility index (Phi) is 4.58. The van der Waals surface area contributed by atoms with Gasteiger partial charge in [0.25, 0.3) is 0 Å². The van der Waals surface area contributed by atoms with Crippen LogP contribution in [0, 0.1) is 6.92 Å². The first-order chi connectivity index (χ1) is 9.20. The molecule has 2 N–H and O–H groups in total. The average Bonchev–Trinajstić information content (AvgIpc) is 2.84. The van der Waals surface area contributed by atoms with Gasteiger partial charge >= 0.3 is 0 Å². The summed E-state index contributed by atoms with van der Waals surface area (Å²) in [5.74, 6) is 1.89. The minimum Gasteiger partial charge on any atom is -0.492 e. The molecule has 0 aliphatic carbocycles. The number of hydrogen-bond donors (Lipinski definition) is 1. The molecule has 1 atom stereocenters. The number of imidazole rings is 1. The zero-order valence-electron chi connectivity index (χ0n) is 11.5. The van der Waals surface area contributed by atoms with Crippen molar-refractivity contribution in [3.8, 4) is 5.75 Å². The quantitative estimate of drug-likeness (QED) is 0.867. The minimum atomic E-state index is 0.114. The first-order valence-electron chi connectivity index (χ1n) is 6.66. The number of aromatic nitrogens is 2. The molecule has 4 nitrogen and oxygen atoms in total. The molecule has 0 saturated carbocycles. The molecule has 1 aromatic carbocycles. The second-order valence-electron chi connectivity index (χ2n) is 4.60. The predicted octanol–water partition coefficient (Wildman–Crippen LogP) is 2.68. The standard InChI is InChI=1S/C15H21N3O/c1-3-15(16)13-4-6-14(7-5-13)19-11-10-18-9-8-17-12(18)2/h4-9,15H,3,10-11,16H2,1-2H3/t15-/m1/s1. The molecule has 19 heavy (non-hydrogen) atoms. The van der Waals surface area contributed by atoms with Crippen LogP contribution in [0.1, 0.15) is 30.8 Å². The van der Waals surface area contributed by atoms with Gasteiger partial charge in [-0.2, -0.15) is 0 Å². The highest BCUT2D eigenvalue weighted by atomic mass is 16.5. The van der Waals surface area contributed by atoms with E-state index in [-0.39, 0.29) is 6.04 Å². The second-order valence-corrected chi connectivity index (χ2v) is 4.60. The Labute approximate surface area is 114 Å². The molecular formula is C15H21N3O. The van der Waals surface area contributed by atoms with Crippen LogP contribution < -0.4 is 10.5 Å². The van der Waals surface area contributed by atoms with E-state index in [0.29, 0.717) is 6.61 Å². The van der Waals surface area contributed by atoms with Gasteiger partial charge in [0.2, 0.25) is 0 Å². The Hall–Kier alpha value is -1.81. The van der Waals surface area contributed by atoms with Gasteiger partial charge in [-0.1, -0.05) is 19.1 Å². The van der Waals surface area contributed by atoms with E-state index in [1.807, 2.05) is 37.4 Å². The van der Waals surface area contributed by atoms with E-state index in [9.17, 15) is 0 Å². The van der Waals surface area contributed by atoms with Gasteiger partial charge in [0.1, 0.15) is 18.2 Å². The largest absolute Gasteiger partial charge is 0.492 e. The van der Waals surface area contributed by atoms with E-state index in [1.54, 1.807) is 6.20 Å². The highest BCUT2D eigenvalue weighted by Crippen LogP contribution is 2.18. The topological polar surface area (TPSA) is 53.1 Å². The summed E-state index contributed by atoms with van der Waals surface area (Å²) in [4.78, 5) is 4.18. The summed E-state index contributed by atoms with van der Waals surface area (Å²) in [5.41, 5.74) is 7.13. The van der Waals surface area contributed by atoms with Crippen molar-refractivity contribution in [3.63, 3.8) is 0 Å². The van der Waals surface area contributed by atoms with Crippen molar-refractivity contribution < 1.29 is 4.74 Å². The lowest BCUT2D eigenvalue weighted by atomic mass is 10.1. The van der Waals surface area contributed by atoms with Gasteiger partial charge in [-0.25, -0.2) is 4.98 Å². The predicted molar refractivity (Wildman–Crippen MR) is 76.1 cm³/mol. The van der Waals surface area contributed by atoms with Crippen LogP contribution in [-0.2, 0) is 6.54 Å². The fraction of sp³-hybridized carbons (Fsp3) is 0.400. The maximum atomic E-state index is 5.97. The van der Waals surface area contributed by atoms with Crippen LogP contribution in [0.5, 0.6) is 5.75 Å². The molecule has 1 heterocycles. The van der Waals surface area contributed by atoms with Crippen molar-refractivity contribution in [2.24, 2.45) is 5.73 Å². The molecule has 1 aromatic heterocycles. The van der Waals surface area contributed by atoms with Crippen molar-refractivity contribution in [1.29, 1.82) is 0 Å². The molecule has 2 rings (SSSR count). The first-order valence-corrected chi connectivity index (χ1v) is 6.66. The van der Waals surface area contributed by atoms with E-state index in [1.165, 1.54) is 0 Å². The van der Waals surface area contributed by atoms with Crippen LogP contribution in [0.25, 0.3) is 0 Å². The summed E-state index contributed by atoms with van der Waals surface area (Å²) < 4.78 is 7.78. The summed E-state index contributed by atoms with van der Waals surface area (Å²) in [6, 6.07) is 8.14. The Bertz CT molecular complexity index is 504. The summed E-state index contributed by atoms with van der Waals surface area (Å²) in [6.07, 6.45) is 4.71. The number of benzene rings is 1. The van der Waals surface area contributed by atoms with E-state index >= 15 is 0 Å². The van der Waals surface area contributed by atoms with Gasteiger partial charge in [-0.3, -0.25) is 0 Å². The summed E-state index contributed by atoms with van der Waals surface area (Å²) in [5, 5.41) is 0. The molecule has 0 radical (unpaired) electrons. The van der Waals surface area contributed by atoms with Gasteiger partial charge < -0.3 is 15.0 Å². The summed E-state index contributed by atoms with van der Waals surface area (Å²) >= 11 is 0. The van der Waals surface area contributed by atoms with E-state index < -0.39 is 0 Å². The van der Waals surface area contributed by atoms with Gasteiger partial charge in [0, 0.05) is 18.4 Å². The number of hydrogen-bond acceptors (Lipinski definition) is 3. The highest BCUT2D eigenvalue weighted by Gasteiger charge is 2.03. The molecule has 0 spiro atoms.